The maximum absolute atomic E-state index is 5.80. The molecule has 1 aliphatic heterocycles. The third kappa shape index (κ3) is 1.78. The van der Waals surface area contributed by atoms with Gasteiger partial charge in [-0.2, -0.15) is 0 Å². The number of ether oxygens (including phenoxy) is 1. The second kappa shape index (κ2) is 4.02. The fourth-order valence-corrected chi connectivity index (χ4v) is 2.37. The van der Waals surface area contributed by atoms with Crippen molar-refractivity contribution in [1.82, 2.24) is 4.98 Å². The number of pyridine rings is 1. The lowest BCUT2D eigenvalue weighted by atomic mass is 10.00. The molecule has 17 heavy (non-hydrogen) atoms. The fraction of sp³-hybridized carbons (Fsp3) is 0.400. The number of hydrogen-bond donors (Lipinski definition) is 0. The molecular weight excluding hydrogens is 210 g/mol. The zero-order valence-corrected chi connectivity index (χ0v) is 10.4. The summed E-state index contributed by atoms with van der Waals surface area (Å²) in [5, 5.41) is 2.40. The van der Waals surface area contributed by atoms with Crippen molar-refractivity contribution in [3.8, 4) is 5.75 Å². The van der Waals surface area contributed by atoms with Crippen LogP contribution in [0.3, 0.4) is 0 Å². The topological polar surface area (TPSA) is 22.1 Å². The van der Waals surface area contributed by atoms with Gasteiger partial charge < -0.3 is 4.74 Å². The van der Waals surface area contributed by atoms with Crippen molar-refractivity contribution >= 4 is 10.8 Å². The van der Waals surface area contributed by atoms with Crippen LogP contribution < -0.4 is 4.74 Å². The predicted molar refractivity (Wildman–Crippen MR) is 69.6 cm³/mol. The monoisotopic (exact) mass is 227 g/mol. The number of aromatic nitrogens is 1. The molecule has 0 fully saturated rings. The van der Waals surface area contributed by atoms with Crippen molar-refractivity contribution in [2.24, 2.45) is 0 Å². The summed E-state index contributed by atoms with van der Waals surface area (Å²) >= 11 is 0. The zero-order chi connectivity index (χ0) is 11.8. The van der Waals surface area contributed by atoms with Gasteiger partial charge in [0.1, 0.15) is 5.75 Å². The highest BCUT2D eigenvalue weighted by Crippen LogP contribution is 2.33. The first kappa shape index (κ1) is 10.6. The summed E-state index contributed by atoms with van der Waals surface area (Å²) in [6.45, 7) is 5.17. The van der Waals surface area contributed by atoms with Gasteiger partial charge in [-0.05, 0) is 35.8 Å². The number of fused-ring (bicyclic) bond motifs is 3. The smallest absolute Gasteiger partial charge is 0.131 e. The van der Waals surface area contributed by atoms with Crippen LogP contribution in [0.2, 0.25) is 0 Å². The molecule has 88 valence electrons. The first-order valence-corrected chi connectivity index (χ1v) is 6.30. The summed E-state index contributed by atoms with van der Waals surface area (Å²) in [6, 6.07) is 6.57. The van der Waals surface area contributed by atoms with E-state index in [4.69, 9.17) is 4.74 Å². The summed E-state index contributed by atoms with van der Waals surface area (Å²) in [5.41, 5.74) is 2.47. The van der Waals surface area contributed by atoms with Gasteiger partial charge in [0.05, 0.1) is 6.61 Å². The number of aryl methyl sites for hydroxylation is 1. The van der Waals surface area contributed by atoms with Crippen molar-refractivity contribution in [1.29, 1.82) is 0 Å². The van der Waals surface area contributed by atoms with Gasteiger partial charge in [-0.25, -0.2) is 0 Å². The number of benzene rings is 1. The molecule has 0 radical (unpaired) electrons. The van der Waals surface area contributed by atoms with Gasteiger partial charge >= 0.3 is 0 Å². The number of hydrogen-bond acceptors (Lipinski definition) is 2. The molecule has 1 aliphatic rings. The molecule has 0 aliphatic carbocycles. The Balaban J connectivity index is 2.20. The Morgan fingerprint density at radius 2 is 2.18 bits per heavy atom. The molecule has 0 unspecified atom stereocenters. The molecule has 0 spiro atoms. The van der Waals surface area contributed by atoms with E-state index in [2.05, 4.69) is 37.0 Å². The Hall–Kier alpha value is -1.57. The molecule has 0 saturated heterocycles. The third-order valence-electron chi connectivity index (χ3n) is 3.39. The second-order valence-electron chi connectivity index (χ2n) is 4.99. The minimum atomic E-state index is 0.469. The molecule has 0 saturated carbocycles. The van der Waals surface area contributed by atoms with E-state index in [0.717, 1.165) is 36.3 Å². The lowest BCUT2D eigenvalue weighted by Crippen LogP contribution is -2.08. The SMILES string of the molecule is CC(C)c1cc2ccc3c(c2cn1)OCCC3. The van der Waals surface area contributed by atoms with E-state index in [1.165, 1.54) is 10.9 Å². The second-order valence-corrected chi connectivity index (χ2v) is 4.99. The molecule has 0 N–H and O–H groups in total. The molecule has 2 heteroatoms. The van der Waals surface area contributed by atoms with Crippen LogP contribution in [-0.2, 0) is 6.42 Å². The van der Waals surface area contributed by atoms with Gasteiger partial charge in [-0.3, -0.25) is 4.98 Å². The summed E-state index contributed by atoms with van der Waals surface area (Å²) in [4.78, 5) is 4.53. The van der Waals surface area contributed by atoms with Crippen LogP contribution >= 0.6 is 0 Å². The lowest BCUT2D eigenvalue weighted by Gasteiger charge is -2.19. The Morgan fingerprint density at radius 3 is 3.00 bits per heavy atom. The first-order valence-electron chi connectivity index (χ1n) is 6.30. The van der Waals surface area contributed by atoms with E-state index >= 15 is 0 Å². The van der Waals surface area contributed by atoms with Gasteiger partial charge in [0, 0.05) is 17.3 Å². The Kier molecular flexibility index (Phi) is 2.50. The summed E-state index contributed by atoms with van der Waals surface area (Å²) in [5.74, 6) is 1.52. The highest BCUT2D eigenvalue weighted by atomic mass is 16.5. The zero-order valence-electron chi connectivity index (χ0n) is 10.4. The van der Waals surface area contributed by atoms with Crippen molar-refractivity contribution in [3.05, 3.63) is 35.7 Å². The van der Waals surface area contributed by atoms with E-state index in [9.17, 15) is 0 Å². The van der Waals surface area contributed by atoms with Gasteiger partial charge in [-0.1, -0.05) is 26.0 Å². The summed E-state index contributed by atoms with van der Waals surface area (Å²) in [6.07, 6.45) is 4.21. The van der Waals surface area contributed by atoms with Crippen LogP contribution in [0.15, 0.2) is 24.4 Å². The summed E-state index contributed by atoms with van der Waals surface area (Å²) in [7, 11) is 0. The predicted octanol–water partition coefficient (Wildman–Crippen LogP) is 3.68. The third-order valence-corrected chi connectivity index (χ3v) is 3.39. The minimum Gasteiger partial charge on any atom is -0.493 e. The van der Waals surface area contributed by atoms with Crippen LogP contribution in [0.25, 0.3) is 10.8 Å². The van der Waals surface area contributed by atoms with Crippen LogP contribution in [0, 0.1) is 0 Å². The highest BCUT2D eigenvalue weighted by molar-refractivity contribution is 5.89. The molecule has 0 atom stereocenters. The fourth-order valence-electron chi connectivity index (χ4n) is 2.37. The average molecular weight is 227 g/mol. The van der Waals surface area contributed by atoms with Crippen LogP contribution in [-0.4, -0.2) is 11.6 Å². The van der Waals surface area contributed by atoms with Gasteiger partial charge in [0.2, 0.25) is 0 Å². The maximum atomic E-state index is 5.80. The molecule has 1 aromatic heterocycles. The Morgan fingerprint density at radius 1 is 1.29 bits per heavy atom. The van der Waals surface area contributed by atoms with E-state index < -0.39 is 0 Å². The molecule has 2 aromatic rings. The van der Waals surface area contributed by atoms with E-state index in [-0.39, 0.29) is 0 Å². The van der Waals surface area contributed by atoms with Crippen molar-refractivity contribution < 1.29 is 4.74 Å². The van der Waals surface area contributed by atoms with E-state index in [1.54, 1.807) is 0 Å². The highest BCUT2D eigenvalue weighted by Gasteiger charge is 2.14. The largest absolute Gasteiger partial charge is 0.493 e. The van der Waals surface area contributed by atoms with Gasteiger partial charge in [-0.15, -0.1) is 0 Å². The number of rotatable bonds is 1. The minimum absolute atomic E-state index is 0.469. The number of nitrogens with zero attached hydrogens (tertiary/aromatic N) is 1. The molecule has 2 nitrogen and oxygen atoms in total. The quantitative estimate of drug-likeness (QED) is 0.741. The standard InChI is InChI=1S/C15H17NO/c1-10(2)14-8-12-6-5-11-4-3-7-17-15(11)13(12)9-16-14/h5-6,8-10H,3-4,7H2,1-2H3. The molecule has 1 aromatic carbocycles. The molecule has 2 heterocycles. The van der Waals surface area contributed by atoms with E-state index in [0.29, 0.717) is 5.92 Å². The molecular formula is C15H17NO. The Bertz CT molecular complexity index is 560. The maximum Gasteiger partial charge on any atom is 0.131 e. The normalized spacial score (nSPS) is 14.8. The summed E-state index contributed by atoms with van der Waals surface area (Å²) < 4.78 is 5.80. The van der Waals surface area contributed by atoms with Crippen molar-refractivity contribution in [3.63, 3.8) is 0 Å². The van der Waals surface area contributed by atoms with Crippen LogP contribution in [0.4, 0.5) is 0 Å². The van der Waals surface area contributed by atoms with Gasteiger partial charge in [0.25, 0.3) is 0 Å². The van der Waals surface area contributed by atoms with Crippen LogP contribution in [0.5, 0.6) is 5.75 Å². The van der Waals surface area contributed by atoms with E-state index in [1.807, 2.05) is 6.20 Å². The first-order chi connectivity index (χ1) is 8.25. The van der Waals surface area contributed by atoms with Gasteiger partial charge in [0.15, 0.2) is 0 Å². The molecule has 0 bridgehead atoms. The average Bonchev–Trinajstić information content (AvgIpc) is 2.38. The molecule has 3 rings (SSSR count). The molecule has 0 amide bonds. The van der Waals surface area contributed by atoms with Crippen molar-refractivity contribution in [2.45, 2.75) is 32.6 Å². The van der Waals surface area contributed by atoms with Crippen molar-refractivity contribution in [2.75, 3.05) is 6.61 Å². The lowest BCUT2D eigenvalue weighted by molar-refractivity contribution is 0.292. The van der Waals surface area contributed by atoms with Crippen LogP contribution in [0.1, 0.15) is 37.4 Å². The Labute approximate surface area is 102 Å².